The second kappa shape index (κ2) is 5.89. The van der Waals surface area contributed by atoms with Gasteiger partial charge in [-0.25, -0.2) is 4.79 Å². The number of hydrogen-bond acceptors (Lipinski definition) is 4. The number of carbonyl (C=O) groups is 1. The summed E-state index contributed by atoms with van der Waals surface area (Å²) in [4.78, 5) is 13.3. The highest BCUT2D eigenvalue weighted by Gasteiger charge is 2.38. The van der Waals surface area contributed by atoms with Gasteiger partial charge in [-0.2, -0.15) is 0 Å². The molecule has 5 nitrogen and oxygen atoms in total. The molecule has 1 aliphatic heterocycles. The smallest absolute Gasteiger partial charge is 0.410 e. The molecule has 1 amide bonds. The normalized spacial score (nSPS) is 24.4. The number of amides is 1. The number of aliphatic hydroxyl groups is 1. The summed E-state index contributed by atoms with van der Waals surface area (Å²) in [5, 5.41) is 10.1. The maximum atomic E-state index is 11.7. The van der Waals surface area contributed by atoms with Gasteiger partial charge in [-0.15, -0.1) is 12.4 Å². The predicted octanol–water partition coefficient (Wildman–Crippen LogP) is 1.13. The largest absolute Gasteiger partial charge is 0.444 e. The SMILES string of the molecule is CC(C)(C)OC(=O)N1CCC(O)(CCN)C1.Cl. The number of hydrogen-bond donors (Lipinski definition) is 2. The number of rotatable bonds is 2. The summed E-state index contributed by atoms with van der Waals surface area (Å²) in [5.41, 5.74) is 4.10. The van der Waals surface area contributed by atoms with Gasteiger partial charge >= 0.3 is 6.09 Å². The van der Waals surface area contributed by atoms with Crippen LogP contribution in [0.2, 0.25) is 0 Å². The standard InChI is InChI=1S/C11H22N2O3.ClH/c1-10(2,3)16-9(14)13-7-5-11(15,8-13)4-6-12;/h15H,4-8,12H2,1-3H3;1H. The van der Waals surface area contributed by atoms with E-state index in [1.807, 2.05) is 20.8 Å². The number of carbonyl (C=O) groups excluding carboxylic acids is 1. The van der Waals surface area contributed by atoms with Crippen molar-refractivity contribution in [2.45, 2.75) is 44.8 Å². The summed E-state index contributed by atoms with van der Waals surface area (Å²) in [6.45, 7) is 6.76. The zero-order valence-corrected chi connectivity index (χ0v) is 11.5. The first-order chi connectivity index (χ1) is 7.26. The lowest BCUT2D eigenvalue weighted by molar-refractivity contribution is 0.0134. The average molecular weight is 267 g/mol. The molecule has 1 unspecified atom stereocenters. The lowest BCUT2D eigenvalue weighted by atomic mass is 9.99. The van der Waals surface area contributed by atoms with E-state index in [4.69, 9.17) is 10.5 Å². The van der Waals surface area contributed by atoms with Crippen LogP contribution in [-0.4, -0.2) is 46.9 Å². The highest BCUT2D eigenvalue weighted by atomic mass is 35.5. The van der Waals surface area contributed by atoms with E-state index in [9.17, 15) is 9.90 Å². The van der Waals surface area contributed by atoms with Gasteiger partial charge in [-0.05, 0) is 40.2 Å². The maximum absolute atomic E-state index is 11.7. The Balaban J connectivity index is 0.00000256. The number of halogens is 1. The van der Waals surface area contributed by atoms with Gasteiger partial charge in [0.15, 0.2) is 0 Å². The van der Waals surface area contributed by atoms with Gasteiger partial charge in [0, 0.05) is 6.54 Å². The molecule has 0 spiro atoms. The molecule has 0 aromatic heterocycles. The molecule has 1 saturated heterocycles. The molecule has 102 valence electrons. The Morgan fingerprint density at radius 1 is 1.53 bits per heavy atom. The van der Waals surface area contributed by atoms with Gasteiger partial charge < -0.3 is 20.5 Å². The Bertz CT molecular complexity index is 268. The van der Waals surface area contributed by atoms with Crippen molar-refractivity contribution in [2.75, 3.05) is 19.6 Å². The minimum Gasteiger partial charge on any atom is -0.444 e. The average Bonchev–Trinajstić information content (AvgIpc) is 2.45. The third-order valence-corrected chi connectivity index (χ3v) is 2.59. The molecule has 0 radical (unpaired) electrons. The molecule has 17 heavy (non-hydrogen) atoms. The van der Waals surface area contributed by atoms with Crippen LogP contribution in [0.3, 0.4) is 0 Å². The van der Waals surface area contributed by atoms with E-state index in [-0.39, 0.29) is 18.5 Å². The molecule has 1 heterocycles. The molecule has 6 heteroatoms. The van der Waals surface area contributed by atoms with Crippen LogP contribution in [0.25, 0.3) is 0 Å². The molecule has 0 aromatic rings. The van der Waals surface area contributed by atoms with Crippen molar-refractivity contribution in [2.24, 2.45) is 5.73 Å². The van der Waals surface area contributed by atoms with Crippen LogP contribution in [0.1, 0.15) is 33.6 Å². The van der Waals surface area contributed by atoms with Crippen LogP contribution in [0.4, 0.5) is 4.79 Å². The van der Waals surface area contributed by atoms with Crippen molar-refractivity contribution >= 4 is 18.5 Å². The first kappa shape index (κ1) is 16.5. The number of nitrogens with zero attached hydrogens (tertiary/aromatic N) is 1. The van der Waals surface area contributed by atoms with Gasteiger partial charge in [0.2, 0.25) is 0 Å². The van der Waals surface area contributed by atoms with E-state index < -0.39 is 11.2 Å². The number of β-amino-alcohol motifs (C(OH)–C–C–N with tert-alkyl or cyclic N) is 1. The Morgan fingerprint density at radius 2 is 2.12 bits per heavy atom. The van der Waals surface area contributed by atoms with Crippen molar-refractivity contribution in [1.29, 1.82) is 0 Å². The minimum atomic E-state index is -0.828. The number of nitrogens with two attached hydrogens (primary N) is 1. The highest BCUT2D eigenvalue weighted by molar-refractivity contribution is 5.85. The van der Waals surface area contributed by atoms with Gasteiger partial charge in [0.05, 0.1) is 12.1 Å². The van der Waals surface area contributed by atoms with Crippen LogP contribution in [0.15, 0.2) is 0 Å². The van der Waals surface area contributed by atoms with Crippen molar-refractivity contribution in [3.63, 3.8) is 0 Å². The van der Waals surface area contributed by atoms with Gasteiger partial charge in [-0.3, -0.25) is 0 Å². The molecule has 0 aliphatic carbocycles. The third kappa shape index (κ3) is 5.10. The van der Waals surface area contributed by atoms with Crippen molar-refractivity contribution < 1.29 is 14.6 Å². The first-order valence-electron chi connectivity index (χ1n) is 5.66. The van der Waals surface area contributed by atoms with E-state index in [2.05, 4.69) is 0 Å². The molecule has 1 fully saturated rings. The molecular weight excluding hydrogens is 244 g/mol. The lowest BCUT2D eigenvalue weighted by Crippen LogP contribution is -2.40. The molecule has 3 N–H and O–H groups in total. The number of ether oxygens (including phenoxy) is 1. The maximum Gasteiger partial charge on any atom is 0.410 e. The Hall–Kier alpha value is -0.520. The zero-order valence-electron chi connectivity index (χ0n) is 10.7. The Morgan fingerprint density at radius 3 is 2.59 bits per heavy atom. The monoisotopic (exact) mass is 266 g/mol. The fourth-order valence-electron chi connectivity index (χ4n) is 1.81. The van der Waals surface area contributed by atoms with Gasteiger partial charge in [-0.1, -0.05) is 0 Å². The van der Waals surface area contributed by atoms with Crippen LogP contribution in [0.5, 0.6) is 0 Å². The quantitative estimate of drug-likeness (QED) is 0.786. The fourth-order valence-corrected chi connectivity index (χ4v) is 1.81. The third-order valence-electron chi connectivity index (χ3n) is 2.59. The summed E-state index contributed by atoms with van der Waals surface area (Å²) < 4.78 is 5.24. The van der Waals surface area contributed by atoms with Crippen molar-refractivity contribution in [3.8, 4) is 0 Å². The minimum absolute atomic E-state index is 0. The molecule has 0 aromatic carbocycles. The second-order valence-corrected chi connectivity index (χ2v) is 5.41. The molecule has 1 atom stereocenters. The van der Waals surface area contributed by atoms with Gasteiger partial charge in [0.1, 0.15) is 5.60 Å². The fraction of sp³-hybridized carbons (Fsp3) is 0.909. The van der Waals surface area contributed by atoms with E-state index in [1.54, 1.807) is 4.90 Å². The van der Waals surface area contributed by atoms with Crippen LogP contribution >= 0.6 is 12.4 Å². The highest BCUT2D eigenvalue weighted by Crippen LogP contribution is 2.25. The summed E-state index contributed by atoms with van der Waals surface area (Å²) in [6.07, 6.45) is 0.732. The second-order valence-electron chi connectivity index (χ2n) is 5.41. The lowest BCUT2D eigenvalue weighted by Gasteiger charge is -2.26. The summed E-state index contributed by atoms with van der Waals surface area (Å²) in [6, 6.07) is 0. The zero-order chi connectivity index (χ0) is 12.4. The molecule has 0 bridgehead atoms. The summed E-state index contributed by atoms with van der Waals surface area (Å²) >= 11 is 0. The topological polar surface area (TPSA) is 75.8 Å². The van der Waals surface area contributed by atoms with Gasteiger partial charge in [0.25, 0.3) is 0 Å². The van der Waals surface area contributed by atoms with E-state index >= 15 is 0 Å². The Labute approximate surface area is 109 Å². The predicted molar refractivity (Wildman–Crippen MR) is 68.3 cm³/mol. The van der Waals surface area contributed by atoms with Crippen LogP contribution in [-0.2, 0) is 4.74 Å². The van der Waals surface area contributed by atoms with Crippen LogP contribution in [0, 0.1) is 0 Å². The van der Waals surface area contributed by atoms with E-state index in [0.717, 1.165) is 0 Å². The first-order valence-corrected chi connectivity index (χ1v) is 5.66. The molecule has 1 aliphatic rings. The molecule has 1 rings (SSSR count). The van der Waals surface area contributed by atoms with E-state index in [1.165, 1.54) is 0 Å². The van der Waals surface area contributed by atoms with Crippen LogP contribution < -0.4 is 5.73 Å². The Kier molecular flexibility index (Phi) is 5.71. The van der Waals surface area contributed by atoms with Crippen molar-refractivity contribution in [1.82, 2.24) is 4.90 Å². The molecule has 0 saturated carbocycles. The molecular formula is C11H23ClN2O3. The van der Waals surface area contributed by atoms with Crippen molar-refractivity contribution in [3.05, 3.63) is 0 Å². The summed E-state index contributed by atoms with van der Waals surface area (Å²) in [5.74, 6) is 0. The summed E-state index contributed by atoms with van der Waals surface area (Å²) in [7, 11) is 0. The van der Waals surface area contributed by atoms with E-state index in [0.29, 0.717) is 32.5 Å². The number of likely N-dealkylation sites (tertiary alicyclic amines) is 1.